The second kappa shape index (κ2) is 7.70. The normalized spacial score (nSPS) is 11.6. The van der Waals surface area contributed by atoms with Crippen LogP contribution < -0.4 is 0 Å². The van der Waals surface area contributed by atoms with Gasteiger partial charge in [0.2, 0.25) is 0 Å². The number of azo groups is 2. The van der Waals surface area contributed by atoms with Crippen molar-refractivity contribution in [3.8, 4) is 0 Å². The van der Waals surface area contributed by atoms with Gasteiger partial charge in [0.05, 0.1) is 22.7 Å². The minimum Gasteiger partial charge on any atom is -0.151 e. The lowest BCUT2D eigenvalue weighted by atomic mass is 10.1. The summed E-state index contributed by atoms with van der Waals surface area (Å²) in [5, 5.41) is 19.6. The van der Waals surface area contributed by atoms with E-state index in [1.807, 2.05) is 73.7 Å². The fraction of sp³-hybridized carbons (Fsp3) is 0.0435. The second-order valence-corrected chi connectivity index (χ2v) is 6.20. The molecule has 0 aliphatic carbocycles. The van der Waals surface area contributed by atoms with Crippen LogP contribution in [-0.4, -0.2) is 0 Å². The first-order chi connectivity index (χ1) is 13.3. The molecule has 0 aromatic heterocycles. The molecule has 0 heterocycles. The smallest absolute Gasteiger partial charge is 0.0964 e. The standard InChI is InChI=1S/C23H18N4/c1-17-11-12-18-7-5-6-10-22(18)23(17)27-26-21-15-13-20(14-16-21)25-24-19-8-3-2-4-9-19/h2-16H,1H3/b25-24+,27-26+. The van der Waals surface area contributed by atoms with Crippen LogP contribution in [0.25, 0.3) is 10.8 Å². The van der Waals surface area contributed by atoms with Gasteiger partial charge in [-0.2, -0.15) is 15.3 Å². The van der Waals surface area contributed by atoms with Crippen molar-refractivity contribution in [3.05, 3.63) is 96.6 Å². The summed E-state index contributed by atoms with van der Waals surface area (Å²) in [4.78, 5) is 0. The van der Waals surface area contributed by atoms with Crippen LogP contribution in [0.15, 0.2) is 111 Å². The maximum absolute atomic E-state index is 4.50. The summed E-state index contributed by atoms with van der Waals surface area (Å²) >= 11 is 0. The minimum absolute atomic E-state index is 0.777. The van der Waals surface area contributed by atoms with Crippen LogP contribution in [0, 0.1) is 6.92 Å². The van der Waals surface area contributed by atoms with Crippen LogP contribution in [0.5, 0.6) is 0 Å². The van der Waals surface area contributed by atoms with E-state index in [4.69, 9.17) is 0 Å². The van der Waals surface area contributed by atoms with E-state index in [1.165, 1.54) is 0 Å². The molecule has 0 radical (unpaired) electrons. The quantitative estimate of drug-likeness (QED) is 0.335. The van der Waals surface area contributed by atoms with Gasteiger partial charge in [0.15, 0.2) is 0 Å². The number of rotatable bonds is 4. The fourth-order valence-electron chi connectivity index (χ4n) is 2.80. The molecule has 0 bridgehead atoms. The Hall–Kier alpha value is -3.66. The van der Waals surface area contributed by atoms with Crippen molar-refractivity contribution in [1.82, 2.24) is 0 Å². The molecule has 0 saturated heterocycles. The van der Waals surface area contributed by atoms with Crippen molar-refractivity contribution in [3.63, 3.8) is 0 Å². The molecule has 4 heteroatoms. The van der Waals surface area contributed by atoms with Crippen LogP contribution in [0.3, 0.4) is 0 Å². The molecule has 0 amide bonds. The van der Waals surface area contributed by atoms with Gasteiger partial charge in [-0.25, -0.2) is 0 Å². The zero-order chi connectivity index (χ0) is 18.5. The van der Waals surface area contributed by atoms with E-state index >= 15 is 0 Å². The van der Waals surface area contributed by atoms with E-state index in [2.05, 4.69) is 44.7 Å². The predicted octanol–water partition coefficient (Wildman–Crippen LogP) is 7.98. The molecule has 27 heavy (non-hydrogen) atoms. The molecule has 0 saturated carbocycles. The van der Waals surface area contributed by atoms with Crippen LogP contribution in [0.4, 0.5) is 22.7 Å². The van der Waals surface area contributed by atoms with Gasteiger partial charge in [-0.1, -0.05) is 54.6 Å². The Balaban J connectivity index is 1.55. The lowest BCUT2D eigenvalue weighted by molar-refractivity contribution is 1.21. The summed E-state index contributed by atoms with van der Waals surface area (Å²) in [6.07, 6.45) is 0. The summed E-state index contributed by atoms with van der Waals surface area (Å²) in [5.41, 5.74) is 4.39. The maximum atomic E-state index is 4.50. The predicted molar refractivity (Wildman–Crippen MR) is 110 cm³/mol. The van der Waals surface area contributed by atoms with Crippen molar-refractivity contribution in [2.45, 2.75) is 6.92 Å². The number of aryl methyl sites for hydroxylation is 1. The number of hydrogen-bond donors (Lipinski definition) is 0. The molecule has 0 aliphatic heterocycles. The van der Waals surface area contributed by atoms with Gasteiger partial charge >= 0.3 is 0 Å². The summed E-state index contributed by atoms with van der Waals surface area (Å²) in [6, 6.07) is 29.6. The molecule has 4 aromatic rings. The fourth-order valence-corrected chi connectivity index (χ4v) is 2.80. The van der Waals surface area contributed by atoms with Gasteiger partial charge in [0.1, 0.15) is 0 Å². The van der Waals surface area contributed by atoms with Gasteiger partial charge in [-0.05, 0) is 54.3 Å². The molecule has 4 aromatic carbocycles. The Kier molecular flexibility index (Phi) is 4.79. The van der Waals surface area contributed by atoms with Crippen molar-refractivity contribution >= 4 is 33.5 Å². The zero-order valence-electron chi connectivity index (χ0n) is 14.9. The van der Waals surface area contributed by atoms with Gasteiger partial charge in [0.25, 0.3) is 0 Å². The lowest BCUT2D eigenvalue weighted by Gasteiger charge is -2.04. The number of benzene rings is 4. The molecule has 4 rings (SSSR count). The highest BCUT2D eigenvalue weighted by Crippen LogP contribution is 2.31. The van der Waals surface area contributed by atoms with E-state index in [0.717, 1.165) is 39.1 Å². The maximum Gasteiger partial charge on any atom is 0.0964 e. The Bertz CT molecular complexity index is 1110. The molecular formula is C23H18N4. The molecular weight excluding hydrogens is 332 g/mol. The molecule has 0 spiro atoms. The molecule has 0 atom stereocenters. The molecule has 4 nitrogen and oxygen atoms in total. The van der Waals surface area contributed by atoms with E-state index in [0.29, 0.717) is 0 Å². The van der Waals surface area contributed by atoms with E-state index < -0.39 is 0 Å². The van der Waals surface area contributed by atoms with Crippen molar-refractivity contribution in [2.24, 2.45) is 20.5 Å². The first-order valence-corrected chi connectivity index (χ1v) is 8.76. The highest BCUT2D eigenvalue weighted by atomic mass is 15.1. The van der Waals surface area contributed by atoms with Crippen molar-refractivity contribution in [1.29, 1.82) is 0 Å². The summed E-state index contributed by atoms with van der Waals surface area (Å²) < 4.78 is 0. The first kappa shape index (κ1) is 16.8. The molecule has 0 unspecified atom stereocenters. The zero-order valence-corrected chi connectivity index (χ0v) is 14.9. The molecule has 130 valence electrons. The third-order valence-corrected chi connectivity index (χ3v) is 4.25. The number of hydrogen-bond acceptors (Lipinski definition) is 4. The van der Waals surface area contributed by atoms with E-state index in [9.17, 15) is 0 Å². The molecule has 0 N–H and O–H groups in total. The van der Waals surface area contributed by atoms with Gasteiger partial charge in [-0.3, -0.25) is 0 Å². The monoisotopic (exact) mass is 350 g/mol. The Morgan fingerprint density at radius 1 is 0.481 bits per heavy atom. The summed E-state index contributed by atoms with van der Waals surface area (Å²) in [6.45, 7) is 2.05. The van der Waals surface area contributed by atoms with Gasteiger partial charge in [0, 0.05) is 5.39 Å². The molecule has 0 aliphatic rings. The Labute approximate surface area is 157 Å². The van der Waals surface area contributed by atoms with Crippen molar-refractivity contribution in [2.75, 3.05) is 0 Å². The summed E-state index contributed by atoms with van der Waals surface area (Å²) in [5.74, 6) is 0. The first-order valence-electron chi connectivity index (χ1n) is 8.76. The Morgan fingerprint density at radius 3 is 1.74 bits per heavy atom. The minimum atomic E-state index is 0.777. The lowest BCUT2D eigenvalue weighted by Crippen LogP contribution is -1.78. The van der Waals surface area contributed by atoms with Crippen molar-refractivity contribution < 1.29 is 0 Å². The largest absolute Gasteiger partial charge is 0.151 e. The SMILES string of the molecule is Cc1ccc2ccccc2c1/N=N/c1ccc(/N=N/c2ccccc2)cc1. The third-order valence-electron chi connectivity index (χ3n) is 4.25. The average molecular weight is 350 g/mol. The van der Waals surface area contributed by atoms with Crippen LogP contribution in [0.2, 0.25) is 0 Å². The average Bonchev–Trinajstić information content (AvgIpc) is 2.73. The highest BCUT2D eigenvalue weighted by Gasteiger charge is 2.03. The highest BCUT2D eigenvalue weighted by molar-refractivity contribution is 5.93. The summed E-state index contributed by atoms with van der Waals surface area (Å²) in [7, 11) is 0. The molecule has 0 fully saturated rings. The Morgan fingerprint density at radius 2 is 1.04 bits per heavy atom. The van der Waals surface area contributed by atoms with Gasteiger partial charge in [-0.15, -0.1) is 5.11 Å². The second-order valence-electron chi connectivity index (χ2n) is 6.20. The van der Waals surface area contributed by atoms with Crippen LogP contribution in [-0.2, 0) is 0 Å². The van der Waals surface area contributed by atoms with Gasteiger partial charge < -0.3 is 0 Å². The topological polar surface area (TPSA) is 49.4 Å². The number of fused-ring (bicyclic) bond motifs is 1. The number of nitrogens with zero attached hydrogens (tertiary/aromatic N) is 4. The van der Waals surface area contributed by atoms with Crippen LogP contribution >= 0.6 is 0 Å². The van der Waals surface area contributed by atoms with Crippen LogP contribution in [0.1, 0.15) is 5.56 Å². The van der Waals surface area contributed by atoms with E-state index in [-0.39, 0.29) is 0 Å². The third kappa shape index (κ3) is 3.96. The van der Waals surface area contributed by atoms with E-state index in [1.54, 1.807) is 0 Å².